The Bertz CT molecular complexity index is 790. The van der Waals surface area contributed by atoms with Crippen molar-refractivity contribution in [1.29, 1.82) is 0 Å². The summed E-state index contributed by atoms with van der Waals surface area (Å²) in [7, 11) is 0. The molecule has 1 heterocycles. The van der Waals surface area contributed by atoms with Crippen molar-refractivity contribution in [3.63, 3.8) is 0 Å². The first kappa shape index (κ1) is 16.7. The second-order valence-electron chi connectivity index (χ2n) is 5.85. The fourth-order valence-corrected chi connectivity index (χ4v) is 2.81. The van der Waals surface area contributed by atoms with Crippen LogP contribution in [-0.2, 0) is 4.79 Å². The third-order valence-corrected chi connectivity index (χ3v) is 4.15. The number of rotatable bonds is 5. The van der Waals surface area contributed by atoms with E-state index in [1.165, 1.54) is 0 Å². The average Bonchev–Trinajstić information content (AvgIpc) is 2.66. The van der Waals surface area contributed by atoms with Crippen LogP contribution in [0, 0.1) is 0 Å². The van der Waals surface area contributed by atoms with Gasteiger partial charge in [-0.15, -0.1) is 0 Å². The Morgan fingerprint density at radius 1 is 1.00 bits per heavy atom. The second-order valence-corrected chi connectivity index (χ2v) is 5.85. The molecular weight excluding hydrogens is 318 g/mol. The molecule has 0 radical (unpaired) electrons. The number of fused-ring (bicyclic) bond motifs is 1. The van der Waals surface area contributed by atoms with Crippen LogP contribution >= 0.6 is 0 Å². The highest BCUT2D eigenvalue weighted by Crippen LogP contribution is 2.22. The van der Waals surface area contributed by atoms with Crippen molar-refractivity contribution in [2.75, 3.05) is 19.6 Å². The number of nitrogens with one attached hydrogen (secondary N) is 3. The highest BCUT2D eigenvalue weighted by atomic mass is 16.2. The van der Waals surface area contributed by atoms with Crippen LogP contribution in [0.4, 0.5) is 0 Å². The number of hydrogen-bond acceptors (Lipinski definition) is 3. The first-order chi connectivity index (χ1) is 12.1. The van der Waals surface area contributed by atoms with Crippen molar-refractivity contribution in [2.45, 2.75) is 5.92 Å². The molecule has 1 unspecified atom stereocenters. The molecule has 0 fully saturated rings. The highest BCUT2D eigenvalue weighted by molar-refractivity contribution is 5.97. The third-order valence-electron chi connectivity index (χ3n) is 4.15. The van der Waals surface area contributed by atoms with Crippen LogP contribution in [0.15, 0.2) is 54.6 Å². The Hall–Kier alpha value is -3.15. The lowest BCUT2D eigenvalue weighted by Gasteiger charge is -2.25. The van der Waals surface area contributed by atoms with Gasteiger partial charge in [0.1, 0.15) is 0 Å². The molecule has 6 nitrogen and oxygen atoms in total. The van der Waals surface area contributed by atoms with Crippen LogP contribution in [0.25, 0.3) is 0 Å². The lowest BCUT2D eigenvalue weighted by atomic mass is 9.90. The van der Waals surface area contributed by atoms with Crippen molar-refractivity contribution in [2.24, 2.45) is 0 Å². The minimum atomic E-state index is -0.286. The quantitative estimate of drug-likeness (QED) is 0.762. The van der Waals surface area contributed by atoms with Crippen molar-refractivity contribution >= 4 is 17.7 Å². The summed E-state index contributed by atoms with van der Waals surface area (Å²) in [4.78, 5) is 35.7. The predicted octanol–water partition coefficient (Wildman–Crippen LogP) is 1.06. The van der Waals surface area contributed by atoms with Gasteiger partial charge in [0.15, 0.2) is 0 Å². The van der Waals surface area contributed by atoms with Gasteiger partial charge in [-0.1, -0.05) is 36.4 Å². The van der Waals surface area contributed by atoms with Gasteiger partial charge in [0.25, 0.3) is 11.8 Å². The molecule has 128 valence electrons. The zero-order valence-corrected chi connectivity index (χ0v) is 13.6. The molecule has 0 spiro atoms. The molecule has 3 amide bonds. The van der Waals surface area contributed by atoms with Gasteiger partial charge < -0.3 is 16.0 Å². The molecular formula is C19H19N3O3. The summed E-state index contributed by atoms with van der Waals surface area (Å²) in [5.74, 6) is -0.624. The first-order valence-electron chi connectivity index (χ1n) is 8.12. The van der Waals surface area contributed by atoms with Gasteiger partial charge in [0.2, 0.25) is 5.91 Å². The van der Waals surface area contributed by atoms with Gasteiger partial charge in [-0.2, -0.15) is 0 Å². The molecule has 1 aliphatic heterocycles. The van der Waals surface area contributed by atoms with Gasteiger partial charge in [-0.25, -0.2) is 0 Å². The van der Waals surface area contributed by atoms with Crippen molar-refractivity contribution in [3.05, 3.63) is 71.3 Å². The van der Waals surface area contributed by atoms with Crippen LogP contribution in [0.1, 0.15) is 32.2 Å². The Kier molecular flexibility index (Phi) is 5.09. The summed E-state index contributed by atoms with van der Waals surface area (Å²) in [5, 5.41) is 8.23. The Balaban J connectivity index is 1.51. The summed E-state index contributed by atoms with van der Waals surface area (Å²) in [6, 6.07) is 16.1. The smallest absolute Gasteiger partial charge is 0.251 e. The SMILES string of the molecule is O=C(CNC(=O)c1ccccc1)NCC1CNC(=O)c2ccccc21. The molecule has 0 aromatic heterocycles. The van der Waals surface area contributed by atoms with Gasteiger partial charge in [-0.3, -0.25) is 14.4 Å². The molecule has 1 atom stereocenters. The van der Waals surface area contributed by atoms with Crippen molar-refractivity contribution in [3.8, 4) is 0 Å². The Morgan fingerprint density at radius 2 is 1.72 bits per heavy atom. The molecule has 2 aromatic carbocycles. The van der Waals surface area contributed by atoms with Gasteiger partial charge in [0.05, 0.1) is 6.54 Å². The van der Waals surface area contributed by atoms with Crippen LogP contribution < -0.4 is 16.0 Å². The first-order valence-corrected chi connectivity index (χ1v) is 8.12. The van der Waals surface area contributed by atoms with Crippen LogP contribution in [0.5, 0.6) is 0 Å². The molecule has 3 rings (SSSR count). The highest BCUT2D eigenvalue weighted by Gasteiger charge is 2.24. The molecule has 25 heavy (non-hydrogen) atoms. The van der Waals surface area contributed by atoms with E-state index in [0.29, 0.717) is 24.2 Å². The Labute approximate surface area is 145 Å². The van der Waals surface area contributed by atoms with E-state index in [4.69, 9.17) is 0 Å². The summed E-state index contributed by atoms with van der Waals surface area (Å²) < 4.78 is 0. The maximum atomic E-state index is 12.0. The summed E-state index contributed by atoms with van der Waals surface area (Å²) >= 11 is 0. The third kappa shape index (κ3) is 4.03. The molecule has 0 bridgehead atoms. The van der Waals surface area contributed by atoms with E-state index >= 15 is 0 Å². The lowest BCUT2D eigenvalue weighted by molar-refractivity contribution is -0.120. The van der Waals surface area contributed by atoms with Gasteiger partial charge in [0, 0.05) is 30.1 Å². The van der Waals surface area contributed by atoms with E-state index < -0.39 is 0 Å². The van der Waals surface area contributed by atoms with Crippen molar-refractivity contribution in [1.82, 2.24) is 16.0 Å². The summed E-state index contributed by atoms with van der Waals surface area (Å²) in [5.41, 5.74) is 2.09. The minimum Gasteiger partial charge on any atom is -0.354 e. The molecule has 3 N–H and O–H groups in total. The molecule has 1 aliphatic rings. The molecule has 0 saturated carbocycles. The maximum Gasteiger partial charge on any atom is 0.251 e. The van der Waals surface area contributed by atoms with Crippen molar-refractivity contribution < 1.29 is 14.4 Å². The van der Waals surface area contributed by atoms with Gasteiger partial charge >= 0.3 is 0 Å². The second kappa shape index (κ2) is 7.61. The molecule has 6 heteroatoms. The average molecular weight is 337 g/mol. The van der Waals surface area contributed by atoms with Crippen LogP contribution in [0.3, 0.4) is 0 Å². The van der Waals surface area contributed by atoms with E-state index in [-0.39, 0.29) is 30.2 Å². The van der Waals surface area contributed by atoms with Crippen LogP contribution in [-0.4, -0.2) is 37.4 Å². The number of carbonyl (C=O) groups is 3. The van der Waals surface area contributed by atoms with E-state index in [1.54, 1.807) is 30.3 Å². The van der Waals surface area contributed by atoms with E-state index in [0.717, 1.165) is 5.56 Å². The lowest BCUT2D eigenvalue weighted by Crippen LogP contribution is -2.43. The van der Waals surface area contributed by atoms with E-state index in [1.807, 2.05) is 24.3 Å². The number of benzene rings is 2. The molecule has 2 aromatic rings. The topological polar surface area (TPSA) is 87.3 Å². The fourth-order valence-electron chi connectivity index (χ4n) is 2.81. The van der Waals surface area contributed by atoms with Gasteiger partial charge in [-0.05, 0) is 23.8 Å². The number of amides is 3. The maximum absolute atomic E-state index is 12.0. The predicted molar refractivity (Wildman–Crippen MR) is 93.3 cm³/mol. The summed E-state index contributed by atoms with van der Waals surface area (Å²) in [6.07, 6.45) is 0. The normalized spacial score (nSPS) is 15.7. The monoisotopic (exact) mass is 337 g/mol. The molecule has 0 aliphatic carbocycles. The van der Waals surface area contributed by atoms with E-state index in [9.17, 15) is 14.4 Å². The fraction of sp³-hybridized carbons (Fsp3) is 0.211. The minimum absolute atomic E-state index is 0.0164. The number of hydrogen-bond donors (Lipinski definition) is 3. The largest absolute Gasteiger partial charge is 0.354 e. The standard InChI is InChI=1S/C19H19N3O3/c23-17(12-22-18(24)13-6-2-1-3-7-13)20-10-14-11-21-19(25)16-9-5-4-8-15(14)16/h1-9,14H,10-12H2,(H,20,23)(H,21,25)(H,22,24). The Morgan fingerprint density at radius 3 is 2.52 bits per heavy atom. The zero-order valence-electron chi connectivity index (χ0n) is 13.6. The van der Waals surface area contributed by atoms with E-state index in [2.05, 4.69) is 16.0 Å². The zero-order chi connectivity index (χ0) is 17.6. The summed E-state index contributed by atoms with van der Waals surface area (Å²) in [6.45, 7) is 0.790. The van der Waals surface area contributed by atoms with Crippen LogP contribution in [0.2, 0.25) is 0 Å². The number of carbonyl (C=O) groups excluding carboxylic acids is 3. The molecule has 0 saturated heterocycles.